The molecule has 2 N–H and O–H groups in total. The summed E-state index contributed by atoms with van der Waals surface area (Å²) < 4.78 is 13.2. The van der Waals surface area contributed by atoms with E-state index in [1.165, 1.54) is 25.6 Å². The fraction of sp³-hybridized carbons (Fsp3) is 0.692. The molecule has 1 aliphatic rings. The van der Waals surface area contributed by atoms with Gasteiger partial charge in [-0.05, 0) is 38.8 Å². The first kappa shape index (κ1) is 14.0. The highest BCUT2D eigenvalue weighted by molar-refractivity contribution is 5.40. The number of likely N-dealkylation sites (tertiary alicyclic amines) is 1. The van der Waals surface area contributed by atoms with Crippen LogP contribution >= 0.6 is 0 Å². The summed E-state index contributed by atoms with van der Waals surface area (Å²) in [7, 11) is 3.81. The Morgan fingerprint density at radius 3 is 3.11 bits per heavy atom. The number of nitrogens with zero attached hydrogens (tertiary/aromatic N) is 3. The number of hydrogen-bond acceptors (Lipinski definition) is 5. The quantitative estimate of drug-likeness (QED) is 0.852. The molecular formula is C13H22FN5. The molecule has 1 atom stereocenters. The van der Waals surface area contributed by atoms with Crippen LogP contribution in [0.25, 0.3) is 0 Å². The van der Waals surface area contributed by atoms with Crippen LogP contribution in [0.5, 0.6) is 0 Å². The van der Waals surface area contributed by atoms with E-state index in [2.05, 4.69) is 32.5 Å². The number of piperidine rings is 1. The standard InChI is InChI=1S/C13H22FN5/c1-15-12-11(14)8-17-13(18-12)16-6-5-10-4-3-7-19(2)9-10/h8,10H,3-7,9H2,1-2H3,(H2,15,16,17,18)/t10-/m1/s1. The normalized spacial score (nSPS) is 20.3. The second-order valence-corrected chi connectivity index (χ2v) is 5.13. The van der Waals surface area contributed by atoms with Crippen molar-refractivity contribution in [2.45, 2.75) is 19.3 Å². The number of hydrogen-bond donors (Lipinski definition) is 2. The van der Waals surface area contributed by atoms with E-state index in [4.69, 9.17) is 0 Å². The molecule has 2 heterocycles. The van der Waals surface area contributed by atoms with Gasteiger partial charge in [-0.1, -0.05) is 0 Å². The van der Waals surface area contributed by atoms with Crippen LogP contribution in [-0.2, 0) is 0 Å². The second kappa shape index (κ2) is 6.65. The predicted octanol–water partition coefficient (Wildman–Crippen LogP) is 1.80. The molecule has 1 aromatic rings. The zero-order valence-corrected chi connectivity index (χ0v) is 11.6. The van der Waals surface area contributed by atoms with Gasteiger partial charge in [0.1, 0.15) is 0 Å². The molecule has 0 spiro atoms. The maximum atomic E-state index is 13.2. The third kappa shape index (κ3) is 4.02. The van der Waals surface area contributed by atoms with E-state index in [1.807, 2.05) is 0 Å². The van der Waals surface area contributed by atoms with E-state index in [0.717, 1.165) is 25.4 Å². The van der Waals surface area contributed by atoms with E-state index in [1.54, 1.807) is 7.05 Å². The molecule has 0 bridgehead atoms. The lowest BCUT2D eigenvalue weighted by Gasteiger charge is -2.29. The maximum absolute atomic E-state index is 13.2. The van der Waals surface area contributed by atoms with Crippen LogP contribution in [0.2, 0.25) is 0 Å². The van der Waals surface area contributed by atoms with Crippen LogP contribution in [0, 0.1) is 11.7 Å². The van der Waals surface area contributed by atoms with Crippen LogP contribution in [0.3, 0.4) is 0 Å². The van der Waals surface area contributed by atoms with Gasteiger partial charge in [0.2, 0.25) is 5.95 Å². The van der Waals surface area contributed by atoms with Crippen LogP contribution in [-0.4, -0.2) is 48.6 Å². The Morgan fingerprint density at radius 2 is 2.37 bits per heavy atom. The molecule has 0 saturated carbocycles. The van der Waals surface area contributed by atoms with Crippen LogP contribution in [0.1, 0.15) is 19.3 Å². The fourth-order valence-electron chi connectivity index (χ4n) is 2.52. The lowest BCUT2D eigenvalue weighted by molar-refractivity contribution is 0.205. The van der Waals surface area contributed by atoms with Crippen molar-refractivity contribution in [1.29, 1.82) is 0 Å². The Kier molecular flexibility index (Phi) is 4.90. The van der Waals surface area contributed by atoms with Crippen molar-refractivity contribution < 1.29 is 4.39 Å². The van der Waals surface area contributed by atoms with E-state index in [9.17, 15) is 4.39 Å². The van der Waals surface area contributed by atoms with Crippen molar-refractivity contribution in [1.82, 2.24) is 14.9 Å². The van der Waals surface area contributed by atoms with E-state index in [0.29, 0.717) is 5.95 Å². The van der Waals surface area contributed by atoms with Gasteiger partial charge in [-0.3, -0.25) is 0 Å². The second-order valence-electron chi connectivity index (χ2n) is 5.13. The van der Waals surface area contributed by atoms with Gasteiger partial charge in [-0.25, -0.2) is 9.37 Å². The van der Waals surface area contributed by atoms with Gasteiger partial charge in [0, 0.05) is 20.1 Å². The summed E-state index contributed by atoms with van der Waals surface area (Å²) in [5.41, 5.74) is 0. The largest absolute Gasteiger partial charge is 0.371 e. The number of anilines is 2. The van der Waals surface area contributed by atoms with Gasteiger partial charge >= 0.3 is 0 Å². The summed E-state index contributed by atoms with van der Waals surface area (Å²) in [5.74, 6) is 1.02. The summed E-state index contributed by atoms with van der Waals surface area (Å²) in [6.45, 7) is 3.19. The van der Waals surface area contributed by atoms with E-state index in [-0.39, 0.29) is 5.82 Å². The van der Waals surface area contributed by atoms with Crippen molar-refractivity contribution in [2.24, 2.45) is 5.92 Å². The van der Waals surface area contributed by atoms with Crippen LogP contribution in [0.15, 0.2) is 6.20 Å². The van der Waals surface area contributed by atoms with Gasteiger partial charge in [0.05, 0.1) is 6.20 Å². The van der Waals surface area contributed by atoms with Gasteiger partial charge in [-0.2, -0.15) is 4.98 Å². The molecule has 0 radical (unpaired) electrons. The summed E-state index contributed by atoms with van der Waals surface area (Å²) in [5, 5.41) is 5.87. The zero-order valence-electron chi connectivity index (χ0n) is 11.6. The van der Waals surface area contributed by atoms with E-state index >= 15 is 0 Å². The molecule has 5 nitrogen and oxygen atoms in total. The number of halogens is 1. The maximum Gasteiger partial charge on any atom is 0.224 e. The topological polar surface area (TPSA) is 53.1 Å². The molecule has 1 aromatic heterocycles. The minimum atomic E-state index is -0.429. The Morgan fingerprint density at radius 1 is 1.53 bits per heavy atom. The van der Waals surface area contributed by atoms with Gasteiger partial charge in [-0.15, -0.1) is 0 Å². The first-order valence-electron chi connectivity index (χ1n) is 6.81. The summed E-state index contributed by atoms with van der Waals surface area (Å²) >= 11 is 0. The van der Waals surface area contributed by atoms with E-state index < -0.39 is 5.82 Å². The average molecular weight is 267 g/mol. The Hall–Kier alpha value is -1.43. The minimum Gasteiger partial charge on any atom is -0.371 e. The molecule has 0 aromatic carbocycles. The van der Waals surface area contributed by atoms with Crippen molar-refractivity contribution in [3.8, 4) is 0 Å². The van der Waals surface area contributed by atoms with Crippen LogP contribution in [0.4, 0.5) is 16.2 Å². The summed E-state index contributed by atoms with van der Waals surface area (Å²) in [4.78, 5) is 10.4. The van der Waals surface area contributed by atoms with Crippen molar-refractivity contribution in [3.05, 3.63) is 12.0 Å². The molecule has 1 aliphatic heterocycles. The third-order valence-corrected chi connectivity index (χ3v) is 3.54. The number of rotatable bonds is 5. The highest BCUT2D eigenvalue weighted by Crippen LogP contribution is 2.18. The zero-order chi connectivity index (χ0) is 13.7. The van der Waals surface area contributed by atoms with Crippen LogP contribution < -0.4 is 10.6 Å². The molecule has 0 aliphatic carbocycles. The Bertz CT molecular complexity index is 412. The SMILES string of the molecule is CNc1nc(NCC[C@H]2CCCN(C)C2)ncc1F. The van der Waals surface area contributed by atoms with Crippen molar-refractivity contribution >= 4 is 11.8 Å². The van der Waals surface area contributed by atoms with Crippen molar-refractivity contribution in [3.63, 3.8) is 0 Å². The summed E-state index contributed by atoms with van der Waals surface area (Å²) in [6, 6.07) is 0. The molecule has 2 rings (SSSR count). The molecule has 19 heavy (non-hydrogen) atoms. The summed E-state index contributed by atoms with van der Waals surface area (Å²) in [6.07, 6.45) is 4.85. The smallest absolute Gasteiger partial charge is 0.224 e. The lowest BCUT2D eigenvalue weighted by atomic mass is 9.95. The minimum absolute atomic E-state index is 0.231. The third-order valence-electron chi connectivity index (χ3n) is 3.54. The van der Waals surface area contributed by atoms with Gasteiger partial charge in [0.25, 0.3) is 0 Å². The first-order chi connectivity index (χ1) is 9.19. The lowest BCUT2D eigenvalue weighted by Crippen LogP contribution is -2.32. The number of nitrogens with one attached hydrogen (secondary N) is 2. The highest BCUT2D eigenvalue weighted by atomic mass is 19.1. The number of aromatic nitrogens is 2. The molecule has 0 amide bonds. The Balaban J connectivity index is 1.79. The monoisotopic (exact) mass is 267 g/mol. The fourth-order valence-corrected chi connectivity index (χ4v) is 2.52. The molecule has 1 fully saturated rings. The average Bonchev–Trinajstić information content (AvgIpc) is 2.41. The highest BCUT2D eigenvalue weighted by Gasteiger charge is 2.16. The molecule has 6 heteroatoms. The van der Waals surface area contributed by atoms with Gasteiger partial charge < -0.3 is 15.5 Å². The Labute approximate surface area is 113 Å². The molecular weight excluding hydrogens is 245 g/mol. The molecule has 1 saturated heterocycles. The first-order valence-corrected chi connectivity index (χ1v) is 6.81. The van der Waals surface area contributed by atoms with Crippen molar-refractivity contribution in [2.75, 3.05) is 44.4 Å². The van der Waals surface area contributed by atoms with Gasteiger partial charge in [0.15, 0.2) is 11.6 Å². The molecule has 0 unspecified atom stereocenters. The predicted molar refractivity (Wildman–Crippen MR) is 74.9 cm³/mol. The molecule has 106 valence electrons.